The molecule has 0 bridgehead atoms. The van der Waals surface area contributed by atoms with Crippen molar-refractivity contribution in [2.45, 2.75) is 109 Å². The van der Waals surface area contributed by atoms with Crippen molar-refractivity contribution in [2.24, 2.45) is 0 Å². The van der Waals surface area contributed by atoms with E-state index >= 15 is 0 Å². The molecular formula is C26H35BrO17. The van der Waals surface area contributed by atoms with E-state index in [2.05, 4.69) is 15.9 Å². The summed E-state index contributed by atoms with van der Waals surface area (Å²) in [6, 6.07) is 0. The van der Waals surface area contributed by atoms with Gasteiger partial charge in [-0.25, -0.2) is 0 Å². The van der Waals surface area contributed by atoms with E-state index in [4.69, 9.17) is 47.4 Å². The first-order valence-electron chi connectivity index (χ1n) is 13.2. The Morgan fingerprint density at radius 3 is 1.52 bits per heavy atom. The summed E-state index contributed by atoms with van der Waals surface area (Å²) in [7, 11) is 0. The lowest BCUT2D eigenvalue weighted by molar-refractivity contribution is -0.325. The summed E-state index contributed by atoms with van der Waals surface area (Å²) in [5, 5.41) is -1.03. The molecule has 2 heterocycles. The Labute approximate surface area is 260 Å². The van der Waals surface area contributed by atoms with Gasteiger partial charge in [0.1, 0.15) is 31.5 Å². The average Bonchev–Trinajstić information content (AvgIpc) is 3.16. The summed E-state index contributed by atoms with van der Waals surface area (Å²) >= 11 is 3.22. The molecule has 0 aliphatic carbocycles. The maximum absolute atomic E-state index is 12.2. The molecule has 2 saturated heterocycles. The van der Waals surface area contributed by atoms with Crippen LogP contribution in [0.1, 0.15) is 48.5 Å². The minimum Gasteiger partial charge on any atom is -0.463 e. The highest BCUT2D eigenvalue weighted by atomic mass is 79.9. The quantitative estimate of drug-likeness (QED) is 0.149. The lowest BCUT2D eigenvalue weighted by Crippen LogP contribution is -2.64. The van der Waals surface area contributed by atoms with Crippen LogP contribution in [0.15, 0.2) is 0 Å². The minimum atomic E-state index is -1.70. The van der Waals surface area contributed by atoms with Gasteiger partial charge in [-0.2, -0.15) is 0 Å². The Kier molecular flexibility index (Phi) is 13.9. The van der Waals surface area contributed by atoms with Crippen LogP contribution >= 0.6 is 15.9 Å². The van der Waals surface area contributed by atoms with E-state index in [0.29, 0.717) is 0 Å². The third-order valence-corrected chi connectivity index (χ3v) is 6.61. The highest BCUT2D eigenvalue weighted by Crippen LogP contribution is 2.36. The Hall–Kier alpha value is -3.35. The van der Waals surface area contributed by atoms with Gasteiger partial charge in [0.15, 0.2) is 41.8 Å². The number of hydrogen-bond donors (Lipinski definition) is 0. The van der Waals surface area contributed by atoms with Crippen molar-refractivity contribution in [3.8, 4) is 0 Å². The fraction of sp³-hybridized carbons (Fsp3) is 0.731. The van der Waals surface area contributed by atoms with Gasteiger partial charge in [-0.15, -0.1) is 0 Å². The van der Waals surface area contributed by atoms with Crippen molar-refractivity contribution in [3.63, 3.8) is 0 Å². The fourth-order valence-electron chi connectivity index (χ4n) is 4.46. The van der Waals surface area contributed by atoms with Gasteiger partial charge in [-0.05, 0) is 0 Å². The molecule has 0 radical (unpaired) electrons. The van der Waals surface area contributed by atoms with E-state index in [1.54, 1.807) is 0 Å². The molecule has 2 rings (SSSR count). The van der Waals surface area contributed by atoms with Crippen LogP contribution in [0, 0.1) is 0 Å². The molecule has 2 fully saturated rings. The molecule has 248 valence electrons. The predicted octanol–water partition coefficient (Wildman–Crippen LogP) is 0.00100. The zero-order chi connectivity index (χ0) is 33.3. The molecule has 0 aromatic rings. The number of carbonyl (C=O) groups excluding carboxylic acids is 7. The lowest BCUT2D eigenvalue weighted by atomic mass is 9.97. The lowest BCUT2D eigenvalue weighted by Gasteiger charge is -2.45. The first-order chi connectivity index (χ1) is 20.5. The predicted molar refractivity (Wildman–Crippen MR) is 142 cm³/mol. The molecule has 0 amide bonds. The monoisotopic (exact) mass is 698 g/mol. The summed E-state index contributed by atoms with van der Waals surface area (Å²) in [5.74, 6) is -5.55. The molecule has 0 saturated carbocycles. The van der Waals surface area contributed by atoms with Crippen molar-refractivity contribution in [3.05, 3.63) is 0 Å². The number of hydrogen-bond acceptors (Lipinski definition) is 17. The molecule has 18 heteroatoms. The number of esters is 7. The van der Waals surface area contributed by atoms with Gasteiger partial charge in [-0.3, -0.25) is 33.6 Å². The molecule has 10 atom stereocenters. The number of rotatable bonds is 12. The maximum Gasteiger partial charge on any atom is 0.303 e. The number of carbonyl (C=O) groups is 7. The van der Waals surface area contributed by atoms with Crippen LogP contribution in [0.3, 0.4) is 0 Å². The van der Waals surface area contributed by atoms with Crippen LogP contribution in [0.25, 0.3) is 0 Å². The highest BCUT2D eigenvalue weighted by molar-refractivity contribution is 9.09. The number of alkyl halides is 1. The molecule has 44 heavy (non-hydrogen) atoms. The Balaban J connectivity index is 2.60. The second-order valence-corrected chi connectivity index (χ2v) is 10.5. The molecule has 0 spiro atoms. The van der Waals surface area contributed by atoms with Gasteiger partial charge in [0.2, 0.25) is 0 Å². The average molecular weight is 699 g/mol. The van der Waals surface area contributed by atoms with E-state index in [0.717, 1.165) is 48.5 Å². The van der Waals surface area contributed by atoms with E-state index < -0.39 is 115 Å². The summed E-state index contributed by atoms with van der Waals surface area (Å²) in [6.45, 7) is 6.52. The second kappa shape index (κ2) is 16.6. The summed E-state index contributed by atoms with van der Waals surface area (Å²) in [5.41, 5.74) is 0. The van der Waals surface area contributed by atoms with Crippen molar-refractivity contribution in [1.29, 1.82) is 0 Å². The summed E-state index contributed by atoms with van der Waals surface area (Å²) < 4.78 is 55.0. The van der Waals surface area contributed by atoms with E-state index in [1.807, 2.05) is 0 Å². The second-order valence-electron chi connectivity index (χ2n) is 9.64. The molecule has 0 aromatic heterocycles. The van der Waals surface area contributed by atoms with Crippen LogP contribution in [0.4, 0.5) is 0 Å². The Bertz CT molecular complexity index is 1090. The van der Waals surface area contributed by atoms with Crippen molar-refractivity contribution < 1.29 is 80.9 Å². The van der Waals surface area contributed by atoms with E-state index in [-0.39, 0.29) is 0 Å². The SMILES string of the molecule is CC(=O)OC[C@@H]1O[C@@H](O[C@H](COC(C)=O)[C@H]2O[C@H](Br)[C@H](OC(C)=O)[C@H]2OC(C)=O)[C@H](OC(C)=O)[C@H](OC(C)=O)[C@H]1OC(C)=O. The van der Waals surface area contributed by atoms with Crippen molar-refractivity contribution in [2.75, 3.05) is 13.2 Å². The van der Waals surface area contributed by atoms with Crippen LogP contribution in [0.5, 0.6) is 0 Å². The summed E-state index contributed by atoms with van der Waals surface area (Å²) in [4.78, 5) is 83.5. The molecule has 0 unspecified atom stereocenters. The Morgan fingerprint density at radius 1 is 0.568 bits per heavy atom. The fourth-order valence-corrected chi connectivity index (χ4v) is 5.12. The minimum absolute atomic E-state index is 0.527. The Morgan fingerprint density at radius 2 is 1.02 bits per heavy atom. The third-order valence-electron chi connectivity index (χ3n) is 5.87. The highest BCUT2D eigenvalue weighted by Gasteiger charge is 2.56. The van der Waals surface area contributed by atoms with Gasteiger partial charge in [0.25, 0.3) is 0 Å². The van der Waals surface area contributed by atoms with Crippen LogP contribution in [0.2, 0.25) is 0 Å². The number of ether oxygens (including phenoxy) is 10. The third kappa shape index (κ3) is 11.0. The normalized spacial score (nSPS) is 30.2. The first kappa shape index (κ1) is 36.8. The van der Waals surface area contributed by atoms with E-state index in [9.17, 15) is 33.6 Å². The zero-order valence-electron chi connectivity index (χ0n) is 25.0. The molecule has 0 aromatic carbocycles. The molecule has 2 aliphatic rings. The number of halogens is 1. The molecule has 0 N–H and O–H groups in total. The van der Waals surface area contributed by atoms with Crippen molar-refractivity contribution >= 4 is 57.7 Å². The van der Waals surface area contributed by atoms with Gasteiger partial charge < -0.3 is 47.4 Å². The molecule has 17 nitrogen and oxygen atoms in total. The standard InChI is InChI=1S/C26H35BrO17/c1-10(28)35-8-17-19(37-12(3)30)22(39-14(5)32)24(41-16(7)34)26(42-17)43-18(9-36-11(2)29)20-21(38-13(4)31)23(25(27)44-20)40-15(6)33/h17-26H,8-9H2,1-7H3/t17-,18+,19-,20+,21-,22+,23+,24+,25-,26-/m0/s1. The van der Waals surface area contributed by atoms with E-state index in [1.165, 1.54) is 0 Å². The van der Waals surface area contributed by atoms with Crippen molar-refractivity contribution in [1.82, 2.24) is 0 Å². The van der Waals surface area contributed by atoms with Crippen LogP contribution < -0.4 is 0 Å². The van der Waals surface area contributed by atoms with Gasteiger partial charge in [0.05, 0.1) is 0 Å². The van der Waals surface area contributed by atoms with Gasteiger partial charge in [-0.1, -0.05) is 15.9 Å². The summed E-state index contributed by atoms with van der Waals surface area (Å²) in [6.07, 6.45) is -12.9. The largest absolute Gasteiger partial charge is 0.463 e. The maximum atomic E-state index is 12.2. The van der Waals surface area contributed by atoms with Crippen LogP contribution in [-0.4, -0.2) is 115 Å². The first-order valence-corrected chi connectivity index (χ1v) is 14.1. The van der Waals surface area contributed by atoms with Gasteiger partial charge >= 0.3 is 41.8 Å². The molecule has 2 aliphatic heterocycles. The van der Waals surface area contributed by atoms with Crippen LogP contribution in [-0.2, 0) is 80.9 Å². The molecular weight excluding hydrogens is 664 g/mol. The topological polar surface area (TPSA) is 212 Å². The zero-order valence-corrected chi connectivity index (χ0v) is 26.6. The smallest absolute Gasteiger partial charge is 0.303 e. The van der Waals surface area contributed by atoms with Gasteiger partial charge in [0, 0.05) is 48.5 Å².